The number of carboxylic acids is 1. The lowest BCUT2D eigenvalue weighted by atomic mass is 10.1. The Bertz CT molecular complexity index is 673. The lowest BCUT2D eigenvalue weighted by Crippen LogP contribution is -2.10. The van der Waals surface area contributed by atoms with Crippen molar-refractivity contribution in [2.45, 2.75) is 6.54 Å². The van der Waals surface area contributed by atoms with Crippen LogP contribution in [0.2, 0.25) is 0 Å². The molecule has 7 heteroatoms. The molecule has 0 radical (unpaired) electrons. The molecule has 0 aliphatic carbocycles. The molecule has 0 saturated heterocycles. The van der Waals surface area contributed by atoms with Crippen LogP contribution in [0.4, 0.5) is 5.82 Å². The lowest BCUT2D eigenvalue weighted by Gasteiger charge is -2.07. The van der Waals surface area contributed by atoms with E-state index in [-0.39, 0.29) is 11.4 Å². The van der Waals surface area contributed by atoms with Crippen LogP contribution in [0, 0.1) is 0 Å². The van der Waals surface area contributed by atoms with E-state index in [0.29, 0.717) is 12.4 Å². The number of benzene rings is 1. The second-order valence-electron chi connectivity index (χ2n) is 4.12. The van der Waals surface area contributed by atoms with E-state index in [2.05, 4.69) is 20.0 Å². The van der Waals surface area contributed by atoms with Crippen LogP contribution < -0.4 is 5.32 Å². The summed E-state index contributed by atoms with van der Waals surface area (Å²) < 4.78 is 4.54. The number of rotatable bonds is 5. The molecular formula is C14H13N3O4. The van der Waals surface area contributed by atoms with Crippen LogP contribution >= 0.6 is 0 Å². The third-order valence-electron chi connectivity index (χ3n) is 2.67. The zero-order chi connectivity index (χ0) is 15.2. The van der Waals surface area contributed by atoms with Crippen molar-refractivity contribution >= 4 is 17.8 Å². The predicted octanol–water partition coefficient (Wildman–Crippen LogP) is 1.57. The van der Waals surface area contributed by atoms with Crippen LogP contribution in [0.5, 0.6) is 0 Å². The molecule has 1 heterocycles. The Hall–Kier alpha value is -2.96. The number of methoxy groups -OCH3 is 1. The Balaban J connectivity index is 2.08. The van der Waals surface area contributed by atoms with Crippen molar-refractivity contribution in [1.82, 2.24) is 9.97 Å². The summed E-state index contributed by atoms with van der Waals surface area (Å²) >= 11 is 0. The monoisotopic (exact) mass is 287 g/mol. The van der Waals surface area contributed by atoms with Crippen molar-refractivity contribution in [2.75, 3.05) is 12.4 Å². The second-order valence-corrected chi connectivity index (χ2v) is 4.12. The van der Waals surface area contributed by atoms with Crippen molar-refractivity contribution < 1.29 is 19.4 Å². The molecular weight excluding hydrogens is 274 g/mol. The number of ether oxygens (including phenoxy) is 1. The first-order valence-corrected chi connectivity index (χ1v) is 6.07. The topological polar surface area (TPSA) is 101 Å². The molecule has 21 heavy (non-hydrogen) atoms. The predicted molar refractivity (Wildman–Crippen MR) is 74.1 cm³/mol. The maximum absolute atomic E-state index is 11.3. The summed E-state index contributed by atoms with van der Waals surface area (Å²) in [5.74, 6) is -1.19. The van der Waals surface area contributed by atoms with E-state index in [1.54, 1.807) is 24.3 Å². The van der Waals surface area contributed by atoms with Crippen LogP contribution in [0.3, 0.4) is 0 Å². The van der Waals surface area contributed by atoms with E-state index in [9.17, 15) is 9.59 Å². The second kappa shape index (κ2) is 6.47. The smallest absolute Gasteiger partial charge is 0.376 e. The quantitative estimate of drug-likeness (QED) is 0.805. The van der Waals surface area contributed by atoms with E-state index in [4.69, 9.17) is 5.11 Å². The molecule has 0 bridgehead atoms. The van der Waals surface area contributed by atoms with E-state index >= 15 is 0 Å². The lowest BCUT2D eigenvalue weighted by molar-refractivity contribution is 0.0586. The zero-order valence-electron chi connectivity index (χ0n) is 11.2. The molecule has 0 spiro atoms. The number of nitrogens with zero attached hydrogens (tertiary/aromatic N) is 2. The van der Waals surface area contributed by atoms with Crippen LogP contribution in [-0.4, -0.2) is 34.1 Å². The maximum atomic E-state index is 11.3. The van der Waals surface area contributed by atoms with E-state index in [0.717, 1.165) is 5.56 Å². The minimum Gasteiger partial charge on any atom is -0.478 e. The highest BCUT2D eigenvalue weighted by Gasteiger charge is 2.09. The SMILES string of the molecule is COC(=O)c1nccc(NCc2cccc(C(=O)O)c2)n1. The summed E-state index contributed by atoms with van der Waals surface area (Å²) in [6.07, 6.45) is 1.44. The largest absolute Gasteiger partial charge is 0.478 e. The summed E-state index contributed by atoms with van der Waals surface area (Å²) in [5, 5.41) is 11.9. The van der Waals surface area contributed by atoms with Gasteiger partial charge in [0.25, 0.3) is 0 Å². The highest BCUT2D eigenvalue weighted by atomic mass is 16.5. The summed E-state index contributed by atoms with van der Waals surface area (Å²) in [7, 11) is 1.25. The Labute approximate surface area is 120 Å². The minimum atomic E-state index is -0.980. The fourth-order valence-corrected chi connectivity index (χ4v) is 1.65. The molecule has 0 aliphatic heterocycles. The van der Waals surface area contributed by atoms with Crippen molar-refractivity contribution in [3.63, 3.8) is 0 Å². The molecule has 0 unspecified atom stereocenters. The Morgan fingerprint density at radius 2 is 2.14 bits per heavy atom. The van der Waals surface area contributed by atoms with Crippen molar-refractivity contribution in [3.05, 3.63) is 53.5 Å². The standard InChI is InChI=1S/C14H13N3O4/c1-21-14(20)12-15-6-5-11(17-12)16-8-9-3-2-4-10(7-9)13(18)19/h2-7H,8H2,1H3,(H,18,19)(H,15,16,17). The van der Waals surface area contributed by atoms with E-state index < -0.39 is 11.9 Å². The summed E-state index contributed by atoms with van der Waals surface area (Å²) in [6.45, 7) is 0.374. The van der Waals surface area contributed by atoms with Gasteiger partial charge in [-0.3, -0.25) is 0 Å². The van der Waals surface area contributed by atoms with Crippen molar-refractivity contribution in [2.24, 2.45) is 0 Å². The van der Waals surface area contributed by atoms with Crippen molar-refractivity contribution in [3.8, 4) is 0 Å². The van der Waals surface area contributed by atoms with Gasteiger partial charge in [-0.05, 0) is 23.8 Å². The third-order valence-corrected chi connectivity index (χ3v) is 2.67. The van der Waals surface area contributed by atoms with Crippen LogP contribution in [0.15, 0.2) is 36.5 Å². The van der Waals surface area contributed by atoms with Crippen LogP contribution in [0.25, 0.3) is 0 Å². The molecule has 1 aromatic carbocycles. The van der Waals surface area contributed by atoms with Gasteiger partial charge in [-0.1, -0.05) is 12.1 Å². The van der Waals surface area contributed by atoms with Gasteiger partial charge in [0.05, 0.1) is 12.7 Å². The molecule has 0 aliphatic rings. The summed E-state index contributed by atoms with van der Waals surface area (Å²) in [4.78, 5) is 30.0. The molecule has 2 aromatic rings. The number of hydrogen-bond donors (Lipinski definition) is 2. The van der Waals surface area contributed by atoms with Crippen LogP contribution in [-0.2, 0) is 11.3 Å². The Morgan fingerprint density at radius 3 is 2.86 bits per heavy atom. The Morgan fingerprint density at radius 1 is 1.33 bits per heavy atom. The third kappa shape index (κ3) is 3.75. The molecule has 0 fully saturated rings. The van der Waals surface area contributed by atoms with Gasteiger partial charge in [-0.2, -0.15) is 0 Å². The number of anilines is 1. The van der Waals surface area contributed by atoms with Gasteiger partial charge in [0.15, 0.2) is 0 Å². The van der Waals surface area contributed by atoms with Gasteiger partial charge in [-0.25, -0.2) is 19.6 Å². The van der Waals surface area contributed by atoms with E-state index in [1.807, 2.05) is 0 Å². The number of carbonyl (C=O) groups excluding carboxylic acids is 1. The van der Waals surface area contributed by atoms with Gasteiger partial charge in [0.1, 0.15) is 5.82 Å². The van der Waals surface area contributed by atoms with Gasteiger partial charge in [-0.15, -0.1) is 0 Å². The normalized spacial score (nSPS) is 9.95. The molecule has 0 atom stereocenters. The number of aromatic carboxylic acids is 1. The molecule has 2 N–H and O–H groups in total. The summed E-state index contributed by atoms with van der Waals surface area (Å²) in [5.41, 5.74) is 1.00. The zero-order valence-corrected chi connectivity index (χ0v) is 11.2. The van der Waals surface area contributed by atoms with Gasteiger partial charge >= 0.3 is 11.9 Å². The molecule has 0 saturated carbocycles. The minimum absolute atomic E-state index is 0.0400. The van der Waals surface area contributed by atoms with E-state index in [1.165, 1.54) is 19.4 Å². The molecule has 2 rings (SSSR count). The average molecular weight is 287 g/mol. The highest BCUT2D eigenvalue weighted by molar-refractivity contribution is 5.87. The van der Waals surface area contributed by atoms with Crippen molar-refractivity contribution in [1.29, 1.82) is 0 Å². The number of esters is 1. The number of carboxylic acid groups (broad SMARTS) is 1. The fraction of sp³-hybridized carbons (Fsp3) is 0.143. The highest BCUT2D eigenvalue weighted by Crippen LogP contribution is 2.09. The summed E-state index contributed by atoms with van der Waals surface area (Å²) in [6, 6.07) is 8.15. The van der Waals surface area contributed by atoms with Gasteiger partial charge in [0, 0.05) is 12.7 Å². The Kier molecular flexibility index (Phi) is 4.45. The van der Waals surface area contributed by atoms with Gasteiger partial charge < -0.3 is 15.2 Å². The van der Waals surface area contributed by atoms with Crippen LogP contribution in [0.1, 0.15) is 26.5 Å². The maximum Gasteiger partial charge on any atom is 0.376 e. The fourth-order valence-electron chi connectivity index (χ4n) is 1.65. The first-order chi connectivity index (χ1) is 10.1. The number of hydrogen-bond acceptors (Lipinski definition) is 6. The molecule has 1 aromatic heterocycles. The molecule has 7 nitrogen and oxygen atoms in total. The molecule has 108 valence electrons. The average Bonchev–Trinajstić information content (AvgIpc) is 2.52. The number of aromatic nitrogens is 2. The first kappa shape index (κ1) is 14.4. The first-order valence-electron chi connectivity index (χ1n) is 6.07. The van der Waals surface area contributed by atoms with Gasteiger partial charge in [0.2, 0.25) is 5.82 Å². The number of carbonyl (C=O) groups is 2. The number of nitrogens with one attached hydrogen (secondary N) is 1. The molecule has 0 amide bonds.